The number of fused-ring (bicyclic) bond motifs is 4. The summed E-state index contributed by atoms with van der Waals surface area (Å²) < 4.78 is 0. The Morgan fingerprint density at radius 1 is 0.935 bits per heavy atom. The van der Waals surface area contributed by atoms with Crippen LogP contribution in [0, 0.1) is 23.2 Å². The first kappa shape index (κ1) is 32.2. The van der Waals surface area contributed by atoms with Crippen LogP contribution in [0.2, 0.25) is 0 Å². The van der Waals surface area contributed by atoms with Crippen molar-refractivity contribution < 1.29 is 9.59 Å². The molecule has 0 aliphatic heterocycles. The van der Waals surface area contributed by atoms with E-state index in [-0.39, 0.29) is 22.4 Å². The third-order valence-corrected chi connectivity index (χ3v) is 12.2. The van der Waals surface area contributed by atoms with Gasteiger partial charge < -0.3 is 0 Å². The monoisotopic (exact) mass is 610 g/mol. The Labute approximate surface area is 276 Å². The van der Waals surface area contributed by atoms with Gasteiger partial charge in [-0.3, -0.25) is 9.59 Å². The van der Waals surface area contributed by atoms with Crippen molar-refractivity contribution in [2.45, 2.75) is 100 Å². The number of benzene rings is 3. The van der Waals surface area contributed by atoms with Crippen LogP contribution in [0.1, 0.15) is 108 Å². The quantitative estimate of drug-likeness (QED) is 0.206. The second-order valence-electron chi connectivity index (χ2n) is 15.8. The summed E-state index contributed by atoms with van der Waals surface area (Å²) in [4.78, 5) is 27.1. The molecular formula is C44H50O2. The molecule has 2 nitrogen and oxygen atoms in total. The molecule has 238 valence electrons. The molecule has 0 saturated heterocycles. The minimum absolute atomic E-state index is 0.00465. The van der Waals surface area contributed by atoms with E-state index in [4.69, 9.17) is 6.58 Å². The van der Waals surface area contributed by atoms with E-state index in [2.05, 4.69) is 104 Å². The second-order valence-corrected chi connectivity index (χ2v) is 15.8. The Kier molecular flexibility index (Phi) is 7.62. The van der Waals surface area contributed by atoms with E-state index in [9.17, 15) is 9.59 Å². The van der Waals surface area contributed by atoms with Gasteiger partial charge in [-0.2, -0.15) is 0 Å². The van der Waals surface area contributed by atoms with Gasteiger partial charge in [0.1, 0.15) is 0 Å². The zero-order valence-electron chi connectivity index (χ0n) is 29.5. The summed E-state index contributed by atoms with van der Waals surface area (Å²) in [5.74, 6) is 0.247. The van der Waals surface area contributed by atoms with Crippen LogP contribution in [-0.4, -0.2) is 11.6 Å². The molecule has 3 aromatic carbocycles. The molecule has 0 bridgehead atoms. The molecule has 3 aliphatic rings. The van der Waals surface area contributed by atoms with E-state index in [1.807, 2.05) is 6.92 Å². The first-order valence-corrected chi connectivity index (χ1v) is 17.0. The lowest BCUT2D eigenvalue weighted by Gasteiger charge is -2.60. The first-order chi connectivity index (χ1) is 21.5. The molecule has 0 N–H and O–H groups in total. The summed E-state index contributed by atoms with van der Waals surface area (Å²) in [7, 11) is 0. The van der Waals surface area contributed by atoms with Crippen LogP contribution >= 0.6 is 0 Å². The summed E-state index contributed by atoms with van der Waals surface area (Å²) in [5, 5.41) is 2.55. The van der Waals surface area contributed by atoms with Crippen LogP contribution in [0.5, 0.6) is 0 Å². The van der Waals surface area contributed by atoms with Gasteiger partial charge in [-0.1, -0.05) is 106 Å². The topological polar surface area (TPSA) is 34.1 Å². The molecule has 0 fully saturated rings. The third-order valence-electron chi connectivity index (χ3n) is 12.2. The van der Waals surface area contributed by atoms with Gasteiger partial charge in [0, 0.05) is 0 Å². The van der Waals surface area contributed by atoms with Gasteiger partial charge >= 0.3 is 0 Å². The maximum Gasteiger partial charge on any atom is 0.176 e. The van der Waals surface area contributed by atoms with E-state index >= 15 is 0 Å². The Morgan fingerprint density at radius 3 is 2.26 bits per heavy atom. The van der Waals surface area contributed by atoms with Crippen LogP contribution in [0.3, 0.4) is 0 Å². The molecule has 0 saturated carbocycles. The maximum absolute atomic E-state index is 14.3. The van der Waals surface area contributed by atoms with Gasteiger partial charge in [0.15, 0.2) is 11.6 Å². The molecule has 0 amide bonds. The summed E-state index contributed by atoms with van der Waals surface area (Å²) in [5.41, 5.74) is 12.8. The molecule has 0 aromatic heterocycles. The van der Waals surface area contributed by atoms with Gasteiger partial charge in [0.2, 0.25) is 0 Å². The molecule has 2 heteroatoms. The lowest BCUT2D eigenvalue weighted by molar-refractivity contribution is -0.134. The Hall–Kier alpha value is -3.78. The Balaban J connectivity index is 1.46. The van der Waals surface area contributed by atoms with Crippen LogP contribution in [0.4, 0.5) is 0 Å². The van der Waals surface area contributed by atoms with Crippen LogP contribution < -0.4 is 0 Å². The Morgan fingerprint density at radius 2 is 1.59 bits per heavy atom. The fourth-order valence-corrected chi connectivity index (χ4v) is 10.1. The standard InChI is InChI=1S/C44H50O2/c1-25(2)36-21-34(20-26(3)19-33-17-14-16-32-15-12-13-18-35(32)33)28(5)39-29(6)40-30(7)44(11)41(46)38(31(8)45)27(4)22-43(44,10)24-42(40,9)23-37(36)39/h12-18,21,25H,3,6,19-20,22-24H2,1-2,4-5,7-11H3/t42-,43+,44+/m1/s1. The highest BCUT2D eigenvalue weighted by Crippen LogP contribution is 2.68. The van der Waals surface area contributed by atoms with Gasteiger partial charge in [0.25, 0.3) is 0 Å². The summed E-state index contributed by atoms with van der Waals surface area (Å²) in [6.07, 6.45) is 4.23. The predicted molar refractivity (Wildman–Crippen MR) is 193 cm³/mol. The maximum atomic E-state index is 14.3. The highest BCUT2D eigenvalue weighted by molar-refractivity contribution is 6.23. The van der Waals surface area contributed by atoms with Crippen molar-refractivity contribution in [2.75, 3.05) is 0 Å². The number of Topliss-reactive ketones (excluding diaryl/α,β-unsaturated/α-hetero) is 2. The molecule has 6 rings (SSSR count). The van der Waals surface area contributed by atoms with Crippen molar-refractivity contribution >= 4 is 27.9 Å². The molecule has 3 aromatic rings. The lowest BCUT2D eigenvalue weighted by atomic mass is 9.42. The van der Waals surface area contributed by atoms with Gasteiger partial charge in [-0.25, -0.2) is 0 Å². The van der Waals surface area contributed by atoms with Crippen molar-refractivity contribution in [2.24, 2.45) is 16.2 Å². The number of carbonyl (C=O) groups is 2. The highest BCUT2D eigenvalue weighted by atomic mass is 16.1. The van der Waals surface area contributed by atoms with Gasteiger partial charge in [-0.15, -0.1) is 0 Å². The van der Waals surface area contributed by atoms with E-state index in [1.54, 1.807) is 6.92 Å². The van der Waals surface area contributed by atoms with Crippen molar-refractivity contribution in [3.05, 3.63) is 123 Å². The minimum atomic E-state index is -0.748. The van der Waals surface area contributed by atoms with Crippen molar-refractivity contribution in [1.82, 2.24) is 0 Å². The normalized spacial score (nSPS) is 26.0. The zero-order valence-corrected chi connectivity index (χ0v) is 29.5. The van der Waals surface area contributed by atoms with Gasteiger partial charge in [0.05, 0.1) is 11.0 Å². The first-order valence-electron chi connectivity index (χ1n) is 17.0. The highest BCUT2D eigenvalue weighted by Gasteiger charge is 2.62. The lowest BCUT2D eigenvalue weighted by Crippen LogP contribution is -2.56. The van der Waals surface area contributed by atoms with Crippen molar-refractivity contribution in [3.8, 4) is 0 Å². The van der Waals surface area contributed by atoms with E-state index < -0.39 is 5.41 Å². The number of hydrogen-bond acceptors (Lipinski definition) is 2. The number of ketones is 2. The summed E-state index contributed by atoms with van der Waals surface area (Å²) in [6.45, 7) is 28.8. The Bertz CT molecular complexity index is 1940. The second kappa shape index (κ2) is 10.9. The van der Waals surface area contributed by atoms with E-state index in [1.165, 1.54) is 55.3 Å². The third kappa shape index (κ3) is 4.58. The smallest absolute Gasteiger partial charge is 0.176 e. The largest absolute Gasteiger partial charge is 0.294 e. The van der Waals surface area contributed by atoms with Crippen LogP contribution in [-0.2, 0) is 28.9 Å². The van der Waals surface area contributed by atoms with Gasteiger partial charge in [-0.05, 0) is 139 Å². The molecule has 46 heavy (non-hydrogen) atoms. The number of hydrogen-bond donors (Lipinski definition) is 0. The molecule has 0 radical (unpaired) electrons. The average Bonchev–Trinajstić information content (AvgIpc) is 2.96. The van der Waals surface area contributed by atoms with E-state index in [0.717, 1.165) is 48.8 Å². The molecule has 3 atom stereocenters. The van der Waals surface area contributed by atoms with Crippen molar-refractivity contribution in [1.29, 1.82) is 0 Å². The number of rotatable bonds is 6. The number of allylic oxidation sites excluding steroid dienone is 6. The molecular weight excluding hydrogens is 560 g/mol. The molecule has 0 spiro atoms. The SMILES string of the molecule is C=C(Cc1cc(C(C)C)c2c(c1C)C(=C)C1=C(C)[C@@]3(C)C(=O)C(C(C)=O)=C(C)C[C@@]3(C)C[C@@]1(C)C2)Cc1cccc2ccccc12. The van der Waals surface area contributed by atoms with E-state index in [0.29, 0.717) is 11.5 Å². The fourth-order valence-electron chi connectivity index (χ4n) is 10.1. The zero-order chi connectivity index (χ0) is 33.5. The van der Waals surface area contributed by atoms with Crippen molar-refractivity contribution in [3.63, 3.8) is 0 Å². The summed E-state index contributed by atoms with van der Waals surface area (Å²) >= 11 is 0. The number of carbonyl (C=O) groups excluding carboxylic acids is 2. The van der Waals surface area contributed by atoms with Crippen LogP contribution in [0.25, 0.3) is 16.3 Å². The fraction of sp³-hybridized carbons (Fsp3) is 0.409. The predicted octanol–water partition coefficient (Wildman–Crippen LogP) is 10.8. The van der Waals surface area contributed by atoms with Crippen LogP contribution in [0.15, 0.2) is 89.6 Å². The average molecular weight is 611 g/mol. The molecule has 0 heterocycles. The summed E-state index contributed by atoms with van der Waals surface area (Å²) in [6, 6.07) is 17.6. The molecule has 3 aliphatic carbocycles. The molecule has 0 unspecified atom stereocenters. The minimum Gasteiger partial charge on any atom is -0.294 e.